The van der Waals surface area contributed by atoms with Crippen LogP contribution in [0, 0.1) is 11.5 Å². The fourth-order valence-corrected chi connectivity index (χ4v) is 1.80. The van der Waals surface area contributed by atoms with E-state index in [4.69, 9.17) is 4.74 Å². The first kappa shape index (κ1) is 15.5. The largest absolute Gasteiger partial charge is 0.459 e. The SMILES string of the molecule is CC(C)(C)OC(=O)Cn1cc(C#C[Si](C)(C)C)cn1. The van der Waals surface area contributed by atoms with Crippen molar-refractivity contribution in [3.8, 4) is 11.5 Å². The Balaban J connectivity index is 2.65. The molecule has 0 fully saturated rings. The van der Waals surface area contributed by atoms with Gasteiger partial charge in [-0.3, -0.25) is 9.48 Å². The minimum absolute atomic E-state index is 0.117. The van der Waals surface area contributed by atoms with Crippen molar-refractivity contribution in [1.82, 2.24) is 9.78 Å². The number of hydrogen-bond acceptors (Lipinski definition) is 3. The van der Waals surface area contributed by atoms with Gasteiger partial charge in [0.1, 0.15) is 20.2 Å². The molecule has 0 amide bonds. The van der Waals surface area contributed by atoms with E-state index in [9.17, 15) is 4.79 Å². The monoisotopic (exact) mass is 278 g/mol. The van der Waals surface area contributed by atoms with Gasteiger partial charge < -0.3 is 4.74 Å². The van der Waals surface area contributed by atoms with Crippen LogP contribution in [0.4, 0.5) is 0 Å². The molecule has 0 unspecified atom stereocenters. The van der Waals surface area contributed by atoms with Crippen molar-refractivity contribution in [3.63, 3.8) is 0 Å². The highest BCUT2D eigenvalue weighted by Gasteiger charge is 2.16. The third-order valence-electron chi connectivity index (χ3n) is 1.93. The number of hydrogen-bond donors (Lipinski definition) is 0. The summed E-state index contributed by atoms with van der Waals surface area (Å²) in [7, 11) is -1.38. The number of ether oxygens (including phenoxy) is 1. The molecule has 4 nitrogen and oxygen atoms in total. The van der Waals surface area contributed by atoms with Crippen molar-refractivity contribution in [3.05, 3.63) is 18.0 Å². The molecule has 0 atom stereocenters. The highest BCUT2D eigenvalue weighted by Crippen LogP contribution is 2.08. The maximum absolute atomic E-state index is 11.6. The van der Waals surface area contributed by atoms with Crippen LogP contribution >= 0.6 is 0 Å². The fraction of sp³-hybridized carbons (Fsp3) is 0.571. The van der Waals surface area contributed by atoms with Crippen LogP contribution in [0.2, 0.25) is 19.6 Å². The minimum atomic E-state index is -1.38. The van der Waals surface area contributed by atoms with E-state index in [2.05, 4.69) is 36.2 Å². The maximum atomic E-state index is 11.6. The summed E-state index contributed by atoms with van der Waals surface area (Å²) in [5.41, 5.74) is 3.63. The number of rotatable bonds is 2. The van der Waals surface area contributed by atoms with Crippen LogP contribution in [0.25, 0.3) is 0 Å². The molecule has 0 aliphatic carbocycles. The molecule has 0 spiro atoms. The third kappa shape index (κ3) is 6.82. The summed E-state index contributed by atoms with van der Waals surface area (Å²) in [4.78, 5) is 11.6. The van der Waals surface area contributed by atoms with Crippen LogP contribution in [0.15, 0.2) is 12.4 Å². The van der Waals surface area contributed by atoms with Crippen molar-refractivity contribution >= 4 is 14.0 Å². The van der Waals surface area contributed by atoms with Gasteiger partial charge in [-0.1, -0.05) is 25.6 Å². The van der Waals surface area contributed by atoms with Crippen LogP contribution in [0.3, 0.4) is 0 Å². The lowest BCUT2D eigenvalue weighted by Gasteiger charge is -2.19. The van der Waals surface area contributed by atoms with Gasteiger partial charge in [-0.25, -0.2) is 0 Å². The Bertz CT molecular complexity index is 510. The normalized spacial score (nSPS) is 11.7. The summed E-state index contributed by atoms with van der Waals surface area (Å²) in [6, 6.07) is 0. The number of aromatic nitrogens is 2. The smallest absolute Gasteiger partial charge is 0.328 e. The number of carbonyl (C=O) groups excluding carboxylic acids is 1. The topological polar surface area (TPSA) is 44.1 Å². The van der Waals surface area contributed by atoms with E-state index in [1.807, 2.05) is 20.8 Å². The van der Waals surface area contributed by atoms with Crippen molar-refractivity contribution < 1.29 is 9.53 Å². The van der Waals surface area contributed by atoms with Crippen molar-refractivity contribution in [1.29, 1.82) is 0 Å². The third-order valence-corrected chi connectivity index (χ3v) is 2.80. The molecule has 1 rings (SSSR count). The van der Waals surface area contributed by atoms with Gasteiger partial charge in [-0.05, 0) is 20.8 Å². The minimum Gasteiger partial charge on any atom is -0.459 e. The van der Waals surface area contributed by atoms with Crippen LogP contribution < -0.4 is 0 Å². The van der Waals surface area contributed by atoms with Gasteiger partial charge in [0.25, 0.3) is 0 Å². The Morgan fingerprint density at radius 2 is 2.05 bits per heavy atom. The average Bonchev–Trinajstić information content (AvgIpc) is 2.58. The molecule has 1 aromatic rings. The van der Waals surface area contributed by atoms with Gasteiger partial charge in [-0.2, -0.15) is 5.10 Å². The van der Waals surface area contributed by atoms with Crippen LogP contribution in [-0.2, 0) is 16.1 Å². The second kappa shape index (κ2) is 5.62. The number of nitrogens with zero attached hydrogens (tertiary/aromatic N) is 2. The van der Waals surface area contributed by atoms with Crippen LogP contribution in [0.5, 0.6) is 0 Å². The molecule has 104 valence electrons. The molecular weight excluding hydrogens is 256 g/mol. The van der Waals surface area contributed by atoms with E-state index in [-0.39, 0.29) is 12.5 Å². The quantitative estimate of drug-likeness (QED) is 0.474. The molecule has 0 saturated heterocycles. The van der Waals surface area contributed by atoms with Crippen LogP contribution in [-0.4, -0.2) is 29.4 Å². The molecule has 0 saturated carbocycles. The summed E-state index contributed by atoms with van der Waals surface area (Å²) < 4.78 is 6.79. The predicted octanol–water partition coefficient (Wildman–Crippen LogP) is 2.45. The molecule has 0 bridgehead atoms. The van der Waals surface area contributed by atoms with Gasteiger partial charge in [0.05, 0.1) is 11.8 Å². The van der Waals surface area contributed by atoms with Crippen molar-refractivity contribution in [2.75, 3.05) is 0 Å². The summed E-state index contributed by atoms with van der Waals surface area (Å²) in [5.74, 6) is 2.81. The van der Waals surface area contributed by atoms with E-state index in [0.29, 0.717) is 0 Å². The zero-order valence-corrected chi connectivity index (χ0v) is 13.6. The van der Waals surface area contributed by atoms with E-state index in [0.717, 1.165) is 5.56 Å². The zero-order valence-electron chi connectivity index (χ0n) is 12.6. The van der Waals surface area contributed by atoms with E-state index < -0.39 is 13.7 Å². The second-order valence-corrected chi connectivity index (χ2v) is 11.3. The predicted molar refractivity (Wildman–Crippen MR) is 78.3 cm³/mol. The summed E-state index contributed by atoms with van der Waals surface area (Å²) in [6.07, 6.45) is 3.45. The molecule has 0 aliphatic rings. The fourth-order valence-electron chi connectivity index (χ4n) is 1.28. The molecule has 0 N–H and O–H groups in total. The Morgan fingerprint density at radius 1 is 1.42 bits per heavy atom. The first-order valence-corrected chi connectivity index (χ1v) is 9.83. The highest BCUT2D eigenvalue weighted by atomic mass is 28.3. The second-order valence-electron chi connectivity index (χ2n) is 6.51. The first-order chi connectivity index (χ1) is 8.55. The standard InChI is InChI=1S/C14H22N2O2Si/c1-14(2,3)18-13(17)11-16-10-12(9-15-16)7-8-19(4,5)6/h9-10H,11H2,1-6H3. The Labute approximate surface area is 116 Å². The van der Waals surface area contributed by atoms with Crippen molar-refractivity contribution in [2.24, 2.45) is 0 Å². The first-order valence-electron chi connectivity index (χ1n) is 6.33. The molecule has 1 aromatic heterocycles. The molecule has 1 heterocycles. The van der Waals surface area contributed by atoms with Crippen molar-refractivity contribution in [2.45, 2.75) is 52.6 Å². The van der Waals surface area contributed by atoms with Gasteiger partial charge in [0.2, 0.25) is 0 Å². The summed E-state index contributed by atoms with van der Waals surface area (Å²) in [5, 5.41) is 4.12. The lowest BCUT2D eigenvalue weighted by molar-refractivity contribution is -0.155. The van der Waals surface area contributed by atoms with Gasteiger partial charge in [0.15, 0.2) is 0 Å². The lowest BCUT2D eigenvalue weighted by Crippen LogP contribution is -2.26. The molecule has 19 heavy (non-hydrogen) atoms. The van der Waals surface area contributed by atoms with Gasteiger partial charge >= 0.3 is 5.97 Å². The van der Waals surface area contributed by atoms with Gasteiger partial charge in [0, 0.05) is 6.20 Å². The highest BCUT2D eigenvalue weighted by molar-refractivity contribution is 6.83. The maximum Gasteiger partial charge on any atom is 0.328 e. The molecule has 0 aliphatic heterocycles. The average molecular weight is 278 g/mol. The summed E-state index contributed by atoms with van der Waals surface area (Å²) >= 11 is 0. The lowest BCUT2D eigenvalue weighted by atomic mass is 10.2. The van der Waals surface area contributed by atoms with Crippen LogP contribution in [0.1, 0.15) is 26.3 Å². The zero-order chi connectivity index (χ0) is 14.7. The summed E-state index contributed by atoms with van der Waals surface area (Å²) in [6.45, 7) is 12.2. The Kier molecular flexibility index (Phi) is 4.59. The Morgan fingerprint density at radius 3 is 2.58 bits per heavy atom. The molecular formula is C14H22N2O2Si. The number of carbonyl (C=O) groups is 1. The number of esters is 1. The van der Waals surface area contributed by atoms with Gasteiger partial charge in [-0.15, -0.1) is 5.54 Å². The molecule has 5 heteroatoms. The molecule has 0 radical (unpaired) electrons. The van der Waals surface area contributed by atoms with E-state index in [1.165, 1.54) is 0 Å². The molecule has 0 aromatic carbocycles. The van der Waals surface area contributed by atoms with E-state index >= 15 is 0 Å². The van der Waals surface area contributed by atoms with E-state index in [1.54, 1.807) is 17.1 Å². The Hall–Kier alpha value is -1.54.